The Morgan fingerprint density at radius 2 is 2.17 bits per heavy atom. The van der Waals surface area contributed by atoms with E-state index < -0.39 is 16.8 Å². The molecule has 2 N–H and O–H groups in total. The van der Waals surface area contributed by atoms with Crippen molar-refractivity contribution >= 4 is 11.0 Å². The number of rotatable bonds is 3. The fourth-order valence-electron chi connectivity index (χ4n) is 0.789. The molecule has 0 saturated carbocycles. The Labute approximate surface area is 71.8 Å². The van der Waals surface area contributed by atoms with Crippen molar-refractivity contribution in [3.63, 3.8) is 0 Å². The van der Waals surface area contributed by atoms with Crippen molar-refractivity contribution in [1.82, 2.24) is 4.89 Å². The zero-order chi connectivity index (χ0) is 8.97. The lowest BCUT2D eigenvalue weighted by Crippen LogP contribution is -2.13. The Bertz CT molecular complexity index is 292. The maximum Gasteiger partial charge on any atom is 0.127 e. The van der Waals surface area contributed by atoms with Crippen LogP contribution in [0.4, 0.5) is 4.39 Å². The normalized spacial score (nSPS) is 12.8. The summed E-state index contributed by atoms with van der Waals surface area (Å²) in [6, 6.07) is 6.00. The third kappa shape index (κ3) is 2.37. The minimum atomic E-state index is -1.62. The molecule has 0 saturated heterocycles. The van der Waals surface area contributed by atoms with Crippen LogP contribution in [-0.4, -0.2) is 9.42 Å². The minimum absolute atomic E-state index is 0.0385. The second-order valence-corrected chi connectivity index (χ2v) is 3.33. The zero-order valence-electron chi connectivity index (χ0n) is 6.16. The monoisotopic (exact) mass is 189 g/mol. The molecular formula is C7H8FNO2S. The van der Waals surface area contributed by atoms with E-state index in [0.29, 0.717) is 5.56 Å². The highest BCUT2D eigenvalue weighted by Gasteiger charge is 2.03. The van der Waals surface area contributed by atoms with Crippen molar-refractivity contribution < 1.29 is 13.8 Å². The van der Waals surface area contributed by atoms with E-state index >= 15 is 0 Å². The molecule has 1 unspecified atom stereocenters. The summed E-state index contributed by atoms with van der Waals surface area (Å²) in [4.78, 5) is 1.55. The van der Waals surface area contributed by atoms with E-state index in [2.05, 4.69) is 0 Å². The number of hydrogen-bond acceptors (Lipinski definition) is 2. The Hall–Kier alpha value is -0.780. The minimum Gasteiger partial charge on any atom is -0.304 e. The molecule has 1 rings (SSSR count). The first-order valence-corrected chi connectivity index (χ1v) is 4.57. The molecule has 0 aliphatic carbocycles. The van der Waals surface area contributed by atoms with Gasteiger partial charge in [-0.05, 0) is 6.07 Å². The van der Waals surface area contributed by atoms with Crippen LogP contribution < -0.4 is 4.89 Å². The van der Waals surface area contributed by atoms with Crippen LogP contribution in [0.25, 0.3) is 0 Å². The molecule has 3 nitrogen and oxygen atoms in total. The van der Waals surface area contributed by atoms with E-state index in [1.807, 2.05) is 0 Å². The second-order valence-electron chi connectivity index (χ2n) is 2.17. The van der Waals surface area contributed by atoms with E-state index in [0.717, 1.165) is 0 Å². The standard InChI is InChI=1S/C7H8FNO2S/c8-7-4-2-1-3-6(7)5-12(11)9-10/h1-4,9-10H,5H2. The molecule has 0 bridgehead atoms. The van der Waals surface area contributed by atoms with Gasteiger partial charge in [0, 0.05) is 5.56 Å². The van der Waals surface area contributed by atoms with Gasteiger partial charge in [0.05, 0.1) is 5.75 Å². The van der Waals surface area contributed by atoms with Gasteiger partial charge in [-0.1, -0.05) is 18.2 Å². The predicted octanol–water partition coefficient (Wildman–Crippen LogP) is 0.968. The summed E-state index contributed by atoms with van der Waals surface area (Å²) in [6.07, 6.45) is 0. The topological polar surface area (TPSA) is 49.3 Å². The number of hydrogen-bond donors (Lipinski definition) is 2. The average Bonchev–Trinajstić information content (AvgIpc) is 2.09. The lowest BCUT2D eigenvalue weighted by Gasteiger charge is -2.00. The largest absolute Gasteiger partial charge is 0.304 e. The van der Waals surface area contributed by atoms with Crippen LogP contribution in [-0.2, 0) is 16.7 Å². The molecule has 66 valence electrons. The predicted molar refractivity (Wildman–Crippen MR) is 43.2 cm³/mol. The van der Waals surface area contributed by atoms with Gasteiger partial charge in [-0.25, -0.2) is 8.60 Å². The molecule has 0 spiro atoms. The Balaban J connectivity index is 2.75. The van der Waals surface area contributed by atoms with Gasteiger partial charge in [0.25, 0.3) is 0 Å². The summed E-state index contributed by atoms with van der Waals surface area (Å²) in [5.41, 5.74) is 0.317. The lowest BCUT2D eigenvalue weighted by atomic mass is 10.2. The summed E-state index contributed by atoms with van der Waals surface area (Å²) >= 11 is 0. The van der Waals surface area contributed by atoms with Crippen LogP contribution in [0.3, 0.4) is 0 Å². The van der Waals surface area contributed by atoms with Crippen LogP contribution in [0, 0.1) is 5.82 Å². The molecular weight excluding hydrogens is 181 g/mol. The molecule has 0 aliphatic heterocycles. The van der Waals surface area contributed by atoms with Crippen LogP contribution in [0.15, 0.2) is 24.3 Å². The highest BCUT2D eigenvalue weighted by Crippen LogP contribution is 2.07. The molecule has 1 aromatic carbocycles. The smallest absolute Gasteiger partial charge is 0.127 e. The van der Waals surface area contributed by atoms with Gasteiger partial charge in [0.15, 0.2) is 0 Å². The second kappa shape index (κ2) is 4.30. The molecule has 0 heterocycles. The third-order valence-corrected chi connectivity index (χ3v) is 2.12. The molecule has 1 aromatic rings. The first kappa shape index (κ1) is 9.31. The maximum atomic E-state index is 12.8. The highest BCUT2D eigenvalue weighted by molar-refractivity contribution is 7.82. The van der Waals surface area contributed by atoms with Crippen molar-refractivity contribution in [3.8, 4) is 0 Å². The zero-order valence-corrected chi connectivity index (χ0v) is 6.97. The van der Waals surface area contributed by atoms with Crippen molar-refractivity contribution in [1.29, 1.82) is 0 Å². The summed E-state index contributed by atoms with van der Waals surface area (Å²) in [6.45, 7) is 0. The summed E-state index contributed by atoms with van der Waals surface area (Å²) in [7, 11) is -1.62. The third-order valence-electron chi connectivity index (χ3n) is 1.35. The first-order valence-electron chi connectivity index (χ1n) is 3.25. The van der Waals surface area contributed by atoms with Gasteiger partial charge < -0.3 is 5.21 Å². The van der Waals surface area contributed by atoms with Gasteiger partial charge in [0.2, 0.25) is 0 Å². The molecule has 0 amide bonds. The van der Waals surface area contributed by atoms with Crippen LogP contribution >= 0.6 is 0 Å². The summed E-state index contributed by atoms with van der Waals surface area (Å²) in [5.74, 6) is -0.454. The van der Waals surface area contributed by atoms with Crippen LogP contribution in [0.5, 0.6) is 0 Å². The van der Waals surface area contributed by atoms with E-state index in [-0.39, 0.29) is 5.75 Å². The molecule has 1 atom stereocenters. The van der Waals surface area contributed by atoms with Crippen molar-refractivity contribution in [2.45, 2.75) is 5.75 Å². The van der Waals surface area contributed by atoms with E-state index in [1.165, 1.54) is 12.1 Å². The molecule has 0 aromatic heterocycles. The average molecular weight is 189 g/mol. The van der Waals surface area contributed by atoms with Gasteiger partial charge in [0.1, 0.15) is 16.8 Å². The van der Waals surface area contributed by atoms with Crippen LogP contribution in [0.2, 0.25) is 0 Å². The number of halogens is 1. The summed E-state index contributed by atoms with van der Waals surface area (Å²) in [5, 5.41) is 8.21. The van der Waals surface area contributed by atoms with E-state index in [4.69, 9.17) is 5.21 Å². The Kier molecular flexibility index (Phi) is 3.33. The lowest BCUT2D eigenvalue weighted by molar-refractivity contribution is 0.251. The van der Waals surface area contributed by atoms with E-state index in [9.17, 15) is 8.60 Å². The van der Waals surface area contributed by atoms with Crippen molar-refractivity contribution in [2.75, 3.05) is 0 Å². The fraction of sp³-hybridized carbons (Fsp3) is 0.143. The Morgan fingerprint density at radius 3 is 2.75 bits per heavy atom. The fourth-order valence-corrected chi connectivity index (χ4v) is 1.37. The van der Waals surface area contributed by atoms with Gasteiger partial charge in [-0.2, -0.15) is 0 Å². The summed E-state index contributed by atoms with van der Waals surface area (Å²) < 4.78 is 23.6. The quantitative estimate of drug-likeness (QED) is 0.696. The molecule has 0 fully saturated rings. The number of nitrogens with one attached hydrogen (secondary N) is 1. The Morgan fingerprint density at radius 1 is 1.50 bits per heavy atom. The first-order chi connectivity index (χ1) is 5.74. The molecule has 5 heteroatoms. The molecule has 12 heavy (non-hydrogen) atoms. The number of benzene rings is 1. The van der Waals surface area contributed by atoms with Gasteiger partial charge in [-0.15, -0.1) is 4.89 Å². The molecule has 0 aliphatic rings. The van der Waals surface area contributed by atoms with Crippen LogP contribution in [0.1, 0.15) is 5.56 Å². The van der Waals surface area contributed by atoms with Crippen molar-refractivity contribution in [2.24, 2.45) is 0 Å². The van der Waals surface area contributed by atoms with E-state index in [1.54, 1.807) is 17.0 Å². The molecule has 0 radical (unpaired) electrons. The SMILES string of the molecule is O=S(Cc1ccccc1F)NO. The maximum absolute atomic E-state index is 12.8. The van der Waals surface area contributed by atoms with Gasteiger partial charge in [-0.3, -0.25) is 0 Å². The highest BCUT2D eigenvalue weighted by atomic mass is 32.2. The van der Waals surface area contributed by atoms with Crippen molar-refractivity contribution in [3.05, 3.63) is 35.6 Å². The van der Waals surface area contributed by atoms with Gasteiger partial charge >= 0.3 is 0 Å².